The number of benzene rings is 1. The molecule has 0 aliphatic heterocycles. The minimum absolute atomic E-state index is 0. The third-order valence-corrected chi connectivity index (χ3v) is 4.38. The number of furan rings is 2. The summed E-state index contributed by atoms with van der Waals surface area (Å²) in [7, 11) is 1.79. The normalized spacial score (nSPS) is 10.7. The van der Waals surface area contributed by atoms with E-state index in [0.717, 1.165) is 41.6 Å². The van der Waals surface area contributed by atoms with Crippen molar-refractivity contribution in [2.45, 2.75) is 39.3 Å². The molecule has 1 amide bonds. The summed E-state index contributed by atoms with van der Waals surface area (Å²) < 4.78 is 11.3. The van der Waals surface area contributed by atoms with Gasteiger partial charge in [-0.25, -0.2) is 0 Å². The van der Waals surface area contributed by atoms with Crippen LogP contribution in [0.15, 0.2) is 45.4 Å². The number of hydrogen-bond acceptors (Lipinski definition) is 4. The van der Waals surface area contributed by atoms with E-state index in [1.165, 1.54) is 6.26 Å². The largest absolute Gasteiger partial charge is 0.467 e. The monoisotopic (exact) mass is 376 g/mol. The Morgan fingerprint density at radius 3 is 2.73 bits per heavy atom. The highest BCUT2D eigenvalue weighted by molar-refractivity contribution is 5.94. The molecule has 2 N–H and O–H groups in total. The Hall–Kier alpha value is -2.24. The second-order valence-electron chi connectivity index (χ2n) is 6.27. The van der Waals surface area contributed by atoms with Crippen molar-refractivity contribution >= 4 is 29.3 Å². The maximum Gasteiger partial charge on any atom is 0.257 e. The van der Waals surface area contributed by atoms with Crippen LogP contribution in [0, 0.1) is 0 Å². The number of carbonyl (C=O) groups is 1. The van der Waals surface area contributed by atoms with Crippen LogP contribution in [0.25, 0.3) is 11.0 Å². The molecule has 6 heteroatoms. The summed E-state index contributed by atoms with van der Waals surface area (Å²) in [5, 5.41) is 1.07. The van der Waals surface area contributed by atoms with Crippen LogP contribution in [-0.2, 0) is 19.5 Å². The molecule has 0 fully saturated rings. The molecule has 3 aromatic rings. The lowest BCUT2D eigenvalue weighted by molar-refractivity contribution is 0.0784. The van der Waals surface area contributed by atoms with Gasteiger partial charge in [-0.05, 0) is 18.6 Å². The molecule has 2 heterocycles. The fraction of sp³-hybridized carbons (Fsp3) is 0.350. The van der Waals surface area contributed by atoms with Gasteiger partial charge in [-0.2, -0.15) is 0 Å². The number of nitrogens with two attached hydrogens (primary N) is 1. The molecule has 0 spiro atoms. The molecule has 0 bridgehead atoms. The maximum absolute atomic E-state index is 12.7. The van der Waals surface area contributed by atoms with E-state index in [2.05, 4.69) is 6.92 Å². The first-order chi connectivity index (χ1) is 12.1. The Balaban J connectivity index is 0.00000243. The topological polar surface area (TPSA) is 72.6 Å². The first-order valence-corrected chi connectivity index (χ1v) is 8.66. The summed E-state index contributed by atoms with van der Waals surface area (Å²) >= 11 is 0. The van der Waals surface area contributed by atoms with Gasteiger partial charge >= 0.3 is 0 Å². The van der Waals surface area contributed by atoms with Gasteiger partial charge in [0.25, 0.3) is 5.91 Å². The number of rotatable bonds is 7. The molecule has 0 aliphatic carbocycles. The van der Waals surface area contributed by atoms with E-state index in [4.69, 9.17) is 14.6 Å². The smallest absolute Gasteiger partial charge is 0.257 e. The van der Waals surface area contributed by atoms with Gasteiger partial charge in [0, 0.05) is 31.0 Å². The van der Waals surface area contributed by atoms with Gasteiger partial charge in [-0.3, -0.25) is 4.79 Å². The second kappa shape index (κ2) is 8.92. The zero-order valence-electron chi connectivity index (χ0n) is 15.2. The van der Waals surface area contributed by atoms with Crippen molar-refractivity contribution < 1.29 is 13.6 Å². The lowest BCUT2D eigenvalue weighted by atomic mass is 10.1. The molecule has 0 saturated carbocycles. The predicted octanol–water partition coefficient (Wildman–Crippen LogP) is 4.52. The Bertz CT molecular complexity index is 869. The van der Waals surface area contributed by atoms with Crippen molar-refractivity contribution in [3.63, 3.8) is 0 Å². The van der Waals surface area contributed by atoms with E-state index in [0.29, 0.717) is 17.9 Å². The van der Waals surface area contributed by atoms with Gasteiger partial charge in [0.2, 0.25) is 0 Å². The Kier molecular flexibility index (Phi) is 6.89. The molecule has 3 rings (SSSR count). The predicted molar refractivity (Wildman–Crippen MR) is 104 cm³/mol. The molecule has 0 aliphatic rings. The number of nitrogens with zero attached hydrogens (tertiary/aromatic N) is 1. The molecule has 0 atom stereocenters. The van der Waals surface area contributed by atoms with Crippen molar-refractivity contribution in [3.8, 4) is 0 Å². The van der Waals surface area contributed by atoms with Gasteiger partial charge in [-0.15, -0.1) is 12.4 Å². The average Bonchev–Trinajstić information content (AvgIpc) is 3.24. The number of carbonyl (C=O) groups excluding carboxylic acids is 1. The first-order valence-electron chi connectivity index (χ1n) is 8.66. The number of unbranched alkanes of at least 4 members (excludes halogenated alkanes) is 1. The summed E-state index contributed by atoms with van der Waals surface area (Å²) in [6.45, 7) is 2.94. The summed E-state index contributed by atoms with van der Waals surface area (Å²) in [6.07, 6.45) is 4.51. The zero-order chi connectivity index (χ0) is 17.8. The van der Waals surface area contributed by atoms with Gasteiger partial charge in [-0.1, -0.05) is 31.5 Å². The van der Waals surface area contributed by atoms with Crippen molar-refractivity contribution in [3.05, 3.63) is 59.2 Å². The van der Waals surface area contributed by atoms with Crippen molar-refractivity contribution in [1.29, 1.82) is 0 Å². The van der Waals surface area contributed by atoms with E-state index in [1.807, 2.05) is 24.3 Å². The van der Waals surface area contributed by atoms with Crippen LogP contribution >= 0.6 is 12.4 Å². The molecule has 2 aromatic heterocycles. The first kappa shape index (κ1) is 20.1. The third kappa shape index (κ3) is 4.11. The molecule has 140 valence electrons. The fourth-order valence-corrected chi connectivity index (χ4v) is 2.99. The van der Waals surface area contributed by atoms with Crippen molar-refractivity contribution in [2.24, 2.45) is 5.73 Å². The van der Waals surface area contributed by atoms with E-state index >= 15 is 0 Å². The van der Waals surface area contributed by atoms with Crippen molar-refractivity contribution in [1.82, 2.24) is 4.90 Å². The summed E-state index contributed by atoms with van der Waals surface area (Å²) in [4.78, 5) is 14.3. The molecule has 1 aromatic carbocycles. The number of fused-ring (bicyclic) bond motifs is 1. The quantitative estimate of drug-likeness (QED) is 0.657. The Labute approximate surface area is 159 Å². The van der Waals surface area contributed by atoms with E-state index in [9.17, 15) is 4.79 Å². The van der Waals surface area contributed by atoms with Crippen LogP contribution in [0.3, 0.4) is 0 Å². The lowest BCUT2D eigenvalue weighted by Gasteiger charge is -2.16. The second-order valence-corrected chi connectivity index (χ2v) is 6.27. The standard InChI is InChI=1S/C20H24N2O3.ClH/c1-3-4-8-19-17(16-7-5-6-9-18(16)25-19)12-22(2)20(23)14-10-15(11-21)24-13-14;/h5-7,9-10,13H,3-4,8,11-12,21H2,1-2H3;1H. The zero-order valence-corrected chi connectivity index (χ0v) is 16.0. The lowest BCUT2D eigenvalue weighted by Crippen LogP contribution is -2.26. The van der Waals surface area contributed by atoms with Crippen molar-refractivity contribution in [2.75, 3.05) is 7.05 Å². The minimum Gasteiger partial charge on any atom is -0.467 e. The van der Waals surface area contributed by atoms with E-state index in [-0.39, 0.29) is 24.9 Å². The molecule has 0 saturated heterocycles. The van der Waals surface area contributed by atoms with Gasteiger partial charge in [0.15, 0.2) is 0 Å². The molecule has 5 nitrogen and oxygen atoms in total. The van der Waals surface area contributed by atoms with Gasteiger partial charge in [0.05, 0.1) is 12.1 Å². The Morgan fingerprint density at radius 2 is 2.04 bits per heavy atom. The molecule has 0 radical (unpaired) electrons. The highest BCUT2D eigenvalue weighted by Crippen LogP contribution is 2.28. The fourth-order valence-electron chi connectivity index (χ4n) is 2.99. The highest BCUT2D eigenvalue weighted by Gasteiger charge is 2.20. The van der Waals surface area contributed by atoms with Crippen LogP contribution in [-0.4, -0.2) is 17.9 Å². The SMILES string of the molecule is CCCCc1oc2ccccc2c1CN(C)C(=O)c1coc(CN)c1.Cl. The van der Waals surface area contributed by atoms with Crippen LogP contribution in [0.2, 0.25) is 0 Å². The van der Waals surface area contributed by atoms with Crippen LogP contribution in [0.4, 0.5) is 0 Å². The number of amides is 1. The minimum atomic E-state index is -0.0878. The number of para-hydroxylation sites is 1. The van der Waals surface area contributed by atoms with E-state index < -0.39 is 0 Å². The van der Waals surface area contributed by atoms with Crippen LogP contribution in [0.5, 0.6) is 0 Å². The summed E-state index contributed by atoms with van der Waals surface area (Å²) in [5.41, 5.74) is 8.02. The molecular weight excluding hydrogens is 352 g/mol. The average molecular weight is 377 g/mol. The highest BCUT2D eigenvalue weighted by atomic mass is 35.5. The summed E-state index contributed by atoms with van der Waals surface area (Å²) in [5.74, 6) is 1.49. The Morgan fingerprint density at radius 1 is 1.27 bits per heavy atom. The molecule has 0 unspecified atom stereocenters. The molecular formula is C20H25ClN2O3. The van der Waals surface area contributed by atoms with Gasteiger partial charge < -0.3 is 19.5 Å². The van der Waals surface area contributed by atoms with E-state index in [1.54, 1.807) is 18.0 Å². The number of hydrogen-bond donors (Lipinski definition) is 1. The van der Waals surface area contributed by atoms with Crippen LogP contribution < -0.4 is 5.73 Å². The third-order valence-electron chi connectivity index (χ3n) is 4.38. The van der Waals surface area contributed by atoms with Crippen LogP contribution in [0.1, 0.15) is 47.2 Å². The summed E-state index contributed by atoms with van der Waals surface area (Å²) in [6, 6.07) is 9.68. The van der Waals surface area contributed by atoms with Gasteiger partial charge in [0.1, 0.15) is 23.4 Å². The maximum atomic E-state index is 12.7. The number of halogens is 1. The molecule has 26 heavy (non-hydrogen) atoms. The number of aryl methyl sites for hydroxylation is 1.